The summed E-state index contributed by atoms with van der Waals surface area (Å²) in [6.07, 6.45) is 0. The Bertz CT molecular complexity index is 1470. The number of hydrogen-bond acceptors (Lipinski definition) is 5. The summed E-state index contributed by atoms with van der Waals surface area (Å²) in [5, 5.41) is 0. The fourth-order valence-electron chi connectivity index (χ4n) is 5.45. The van der Waals surface area contributed by atoms with Gasteiger partial charge in [0.25, 0.3) is 5.91 Å². The van der Waals surface area contributed by atoms with Crippen molar-refractivity contribution in [2.45, 2.75) is 20.4 Å². The zero-order valence-corrected chi connectivity index (χ0v) is 22.4. The molecule has 0 N–H and O–H groups in total. The highest BCUT2D eigenvalue weighted by Crippen LogP contribution is 2.35. The normalized spacial score (nSPS) is 15.0. The van der Waals surface area contributed by atoms with E-state index in [4.69, 9.17) is 14.2 Å². The van der Waals surface area contributed by atoms with Gasteiger partial charge in [-0.25, -0.2) is 0 Å². The van der Waals surface area contributed by atoms with Gasteiger partial charge in [-0.1, -0.05) is 48.5 Å². The predicted molar refractivity (Wildman–Crippen MR) is 151 cm³/mol. The van der Waals surface area contributed by atoms with E-state index in [1.807, 2.05) is 73.3 Å². The predicted octanol–water partition coefficient (Wildman–Crippen LogP) is 5.54. The second kappa shape index (κ2) is 10.9. The smallest absolute Gasteiger partial charge is 0.255 e. The molecule has 0 spiro atoms. The topological polar surface area (TPSA) is 56.2 Å². The van der Waals surface area contributed by atoms with E-state index >= 15 is 0 Å². The Balaban J connectivity index is 1.24. The van der Waals surface area contributed by atoms with Gasteiger partial charge in [0, 0.05) is 38.4 Å². The molecule has 1 amide bonds. The number of nitrogens with zero attached hydrogens (tertiary/aromatic N) is 3. The van der Waals surface area contributed by atoms with Gasteiger partial charge in [-0.3, -0.25) is 9.69 Å². The van der Waals surface area contributed by atoms with Crippen LogP contribution in [-0.2, 0) is 6.54 Å². The van der Waals surface area contributed by atoms with E-state index in [9.17, 15) is 4.79 Å². The first-order valence-electron chi connectivity index (χ1n) is 13.5. The number of rotatable bonds is 7. The average Bonchev–Trinajstić information content (AvgIpc) is 3.58. The molecular formula is C32H33N3O4. The highest BCUT2D eigenvalue weighted by atomic mass is 16.7. The minimum absolute atomic E-state index is 0.0695. The molecule has 1 aromatic heterocycles. The van der Waals surface area contributed by atoms with E-state index in [1.165, 1.54) is 5.56 Å². The molecular weight excluding hydrogens is 490 g/mol. The van der Waals surface area contributed by atoms with Gasteiger partial charge < -0.3 is 23.7 Å². The number of carbonyl (C=O) groups is 1. The molecule has 200 valence electrons. The molecule has 3 heterocycles. The number of fused-ring (bicyclic) bond motifs is 1. The highest BCUT2D eigenvalue weighted by Gasteiger charge is 2.27. The molecule has 0 radical (unpaired) electrons. The lowest BCUT2D eigenvalue weighted by Crippen LogP contribution is -2.48. The summed E-state index contributed by atoms with van der Waals surface area (Å²) in [5.41, 5.74) is 5.79. The number of hydrogen-bond donors (Lipinski definition) is 0. The molecule has 39 heavy (non-hydrogen) atoms. The zero-order chi connectivity index (χ0) is 26.8. The van der Waals surface area contributed by atoms with E-state index < -0.39 is 0 Å². The number of para-hydroxylation sites is 2. The van der Waals surface area contributed by atoms with E-state index in [2.05, 4.69) is 33.7 Å². The van der Waals surface area contributed by atoms with Gasteiger partial charge >= 0.3 is 0 Å². The van der Waals surface area contributed by atoms with Crippen LogP contribution in [0.15, 0.2) is 78.9 Å². The lowest BCUT2D eigenvalue weighted by molar-refractivity contribution is 0.0627. The fraction of sp³-hybridized carbons (Fsp3) is 0.281. The maximum atomic E-state index is 13.9. The van der Waals surface area contributed by atoms with E-state index in [0.717, 1.165) is 65.1 Å². The van der Waals surface area contributed by atoms with E-state index in [-0.39, 0.29) is 12.7 Å². The first-order valence-corrected chi connectivity index (χ1v) is 13.5. The van der Waals surface area contributed by atoms with Crippen molar-refractivity contribution in [3.63, 3.8) is 0 Å². The molecule has 7 nitrogen and oxygen atoms in total. The lowest BCUT2D eigenvalue weighted by atomic mass is 10.1. The summed E-state index contributed by atoms with van der Waals surface area (Å²) in [7, 11) is 0. The number of aromatic nitrogens is 1. The van der Waals surface area contributed by atoms with Crippen LogP contribution in [0.5, 0.6) is 17.2 Å². The second-order valence-corrected chi connectivity index (χ2v) is 9.89. The average molecular weight is 524 g/mol. The van der Waals surface area contributed by atoms with Crippen LogP contribution in [0.1, 0.15) is 28.5 Å². The van der Waals surface area contributed by atoms with Crippen LogP contribution >= 0.6 is 0 Å². The lowest BCUT2D eigenvalue weighted by Gasteiger charge is -2.34. The number of ether oxygens (including phenoxy) is 3. The standard InChI is InChI=1S/C32H33N3O4/c1-3-37-29-12-8-7-11-27(29)35-23(2)26(20-28(35)25-9-5-4-6-10-25)32(36)34-17-15-33(16-18-34)21-24-13-14-30-31(19-24)39-22-38-30/h4-14,19-20H,3,15-18,21-22H2,1-2H3. The van der Waals surface area contributed by atoms with Gasteiger partial charge in [-0.05, 0) is 55.3 Å². The third kappa shape index (κ3) is 4.98. The SMILES string of the molecule is CCOc1ccccc1-n1c(-c2ccccc2)cc(C(=O)N2CCN(Cc3ccc4c(c3)OCO4)CC2)c1C. The summed E-state index contributed by atoms with van der Waals surface area (Å²) in [6, 6.07) is 26.4. The molecule has 3 aromatic carbocycles. The van der Waals surface area contributed by atoms with Crippen LogP contribution < -0.4 is 14.2 Å². The zero-order valence-electron chi connectivity index (χ0n) is 22.4. The summed E-state index contributed by atoms with van der Waals surface area (Å²) < 4.78 is 19.1. The Kier molecular flexibility index (Phi) is 6.99. The quantitative estimate of drug-likeness (QED) is 0.319. The molecule has 0 saturated carbocycles. The van der Waals surface area contributed by atoms with Crippen LogP contribution in [-0.4, -0.2) is 59.9 Å². The molecule has 7 heteroatoms. The van der Waals surface area contributed by atoms with Gasteiger partial charge in [0.2, 0.25) is 6.79 Å². The van der Waals surface area contributed by atoms with Crippen molar-refractivity contribution in [3.05, 3.63) is 95.7 Å². The van der Waals surface area contributed by atoms with Crippen molar-refractivity contribution in [3.8, 4) is 34.2 Å². The number of benzene rings is 3. The minimum Gasteiger partial charge on any atom is -0.492 e. The number of piperazine rings is 1. The summed E-state index contributed by atoms with van der Waals surface area (Å²) in [4.78, 5) is 18.2. The summed E-state index contributed by atoms with van der Waals surface area (Å²) >= 11 is 0. The maximum Gasteiger partial charge on any atom is 0.255 e. The van der Waals surface area contributed by atoms with E-state index in [0.29, 0.717) is 19.7 Å². The van der Waals surface area contributed by atoms with E-state index in [1.54, 1.807) is 0 Å². The van der Waals surface area contributed by atoms with Gasteiger partial charge in [0.1, 0.15) is 5.75 Å². The van der Waals surface area contributed by atoms with Crippen molar-refractivity contribution < 1.29 is 19.0 Å². The third-order valence-electron chi connectivity index (χ3n) is 7.46. The summed E-state index contributed by atoms with van der Waals surface area (Å²) in [5.74, 6) is 2.48. The maximum absolute atomic E-state index is 13.9. The molecule has 0 atom stereocenters. The van der Waals surface area contributed by atoms with Crippen LogP contribution in [0.2, 0.25) is 0 Å². The van der Waals surface area contributed by atoms with Crippen molar-refractivity contribution in [1.29, 1.82) is 0 Å². The Morgan fingerprint density at radius 3 is 2.41 bits per heavy atom. The van der Waals surface area contributed by atoms with Gasteiger partial charge in [-0.2, -0.15) is 0 Å². The number of carbonyl (C=O) groups excluding carboxylic acids is 1. The molecule has 0 aliphatic carbocycles. The molecule has 2 aliphatic rings. The van der Waals surface area contributed by atoms with Gasteiger partial charge in [0.05, 0.1) is 23.6 Å². The third-order valence-corrected chi connectivity index (χ3v) is 7.46. The van der Waals surface area contributed by atoms with Crippen molar-refractivity contribution >= 4 is 5.91 Å². The molecule has 0 unspecified atom stereocenters. The fourth-order valence-corrected chi connectivity index (χ4v) is 5.45. The monoisotopic (exact) mass is 523 g/mol. The molecule has 4 aromatic rings. The van der Waals surface area contributed by atoms with Crippen LogP contribution in [0.25, 0.3) is 16.9 Å². The largest absolute Gasteiger partial charge is 0.492 e. The first-order chi connectivity index (χ1) is 19.1. The minimum atomic E-state index is 0.0695. The van der Waals surface area contributed by atoms with Gasteiger partial charge in [0.15, 0.2) is 11.5 Å². The summed E-state index contributed by atoms with van der Waals surface area (Å²) in [6.45, 7) is 8.69. The highest BCUT2D eigenvalue weighted by molar-refractivity contribution is 5.97. The number of amides is 1. The molecule has 2 aliphatic heterocycles. The molecule has 1 fully saturated rings. The molecule has 0 bridgehead atoms. The Labute approximate surface area is 229 Å². The van der Waals surface area contributed by atoms with Crippen LogP contribution in [0, 0.1) is 6.92 Å². The first kappa shape index (κ1) is 25.1. The van der Waals surface area contributed by atoms with Crippen molar-refractivity contribution in [2.24, 2.45) is 0 Å². The van der Waals surface area contributed by atoms with Crippen molar-refractivity contribution in [2.75, 3.05) is 39.6 Å². The molecule has 1 saturated heterocycles. The molecule has 6 rings (SSSR count). The van der Waals surface area contributed by atoms with Crippen LogP contribution in [0.3, 0.4) is 0 Å². The Morgan fingerprint density at radius 2 is 1.62 bits per heavy atom. The van der Waals surface area contributed by atoms with Crippen molar-refractivity contribution in [1.82, 2.24) is 14.4 Å². The van der Waals surface area contributed by atoms with Crippen LogP contribution in [0.4, 0.5) is 0 Å². The second-order valence-electron chi connectivity index (χ2n) is 9.89. The van der Waals surface area contributed by atoms with Gasteiger partial charge in [-0.15, -0.1) is 0 Å². The Morgan fingerprint density at radius 1 is 0.872 bits per heavy atom. The Hall–Kier alpha value is -4.23.